The van der Waals surface area contributed by atoms with E-state index in [0.717, 1.165) is 5.57 Å². The van der Waals surface area contributed by atoms with E-state index in [2.05, 4.69) is 32.3 Å². The highest BCUT2D eigenvalue weighted by Crippen LogP contribution is 2.23. The maximum atomic E-state index is 11.7. The number of fused-ring (bicyclic) bond motifs is 1. The molecule has 3 rings (SSSR count). The fourth-order valence-electron chi connectivity index (χ4n) is 1.89. The zero-order valence-electron chi connectivity index (χ0n) is 11.4. The molecule has 0 aliphatic rings. The maximum Gasteiger partial charge on any atom is 0.316 e. The Morgan fingerprint density at radius 3 is 2.86 bits per heavy atom. The second-order valence-electron chi connectivity index (χ2n) is 4.67. The van der Waals surface area contributed by atoms with Gasteiger partial charge in [0.15, 0.2) is 5.69 Å². The maximum absolute atomic E-state index is 11.7. The van der Waals surface area contributed by atoms with Crippen molar-refractivity contribution in [3.63, 3.8) is 0 Å². The standard InChI is InChI=1S/C14H13N5O2/c1-8(2)7-15-14-19-18-13(21-14)11-9-5-3-4-6-10(9)12(20)17-16-11/h3-6H,1,7H2,2H3,(H,15,19)(H,17,20). The van der Waals surface area contributed by atoms with Gasteiger partial charge in [0, 0.05) is 11.9 Å². The molecule has 0 fully saturated rings. The van der Waals surface area contributed by atoms with Gasteiger partial charge in [0.25, 0.3) is 11.4 Å². The SMILES string of the molecule is C=C(C)CNc1nnc(-c2n[nH]c(=O)c3ccccc23)o1. The average Bonchev–Trinajstić information content (AvgIpc) is 2.94. The summed E-state index contributed by atoms with van der Waals surface area (Å²) >= 11 is 0. The number of nitrogens with one attached hydrogen (secondary N) is 2. The van der Waals surface area contributed by atoms with E-state index in [-0.39, 0.29) is 17.5 Å². The molecular weight excluding hydrogens is 270 g/mol. The number of nitrogens with zero attached hydrogens (tertiary/aromatic N) is 3. The molecule has 106 valence electrons. The summed E-state index contributed by atoms with van der Waals surface area (Å²) in [6.45, 7) is 6.21. The molecule has 0 amide bonds. The van der Waals surface area contributed by atoms with Gasteiger partial charge in [-0.25, -0.2) is 5.10 Å². The quantitative estimate of drug-likeness (QED) is 0.710. The molecule has 0 saturated heterocycles. The van der Waals surface area contributed by atoms with E-state index in [9.17, 15) is 4.79 Å². The molecule has 0 bridgehead atoms. The van der Waals surface area contributed by atoms with Gasteiger partial charge in [-0.1, -0.05) is 35.4 Å². The van der Waals surface area contributed by atoms with Crippen LogP contribution in [0.1, 0.15) is 6.92 Å². The van der Waals surface area contributed by atoms with Crippen LogP contribution < -0.4 is 10.9 Å². The molecule has 2 N–H and O–H groups in total. The van der Waals surface area contributed by atoms with Crippen LogP contribution in [0.2, 0.25) is 0 Å². The third-order valence-electron chi connectivity index (χ3n) is 2.87. The zero-order chi connectivity index (χ0) is 14.8. The van der Waals surface area contributed by atoms with Crippen LogP contribution in [-0.2, 0) is 0 Å². The van der Waals surface area contributed by atoms with Gasteiger partial charge in [0.2, 0.25) is 0 Å². The molecule has 0 saturated carbocycles. The molecule has 0 aliphatic carbocycles. The average molecular weight is 283 g/mol. The lowest BCUT2D eigenvalue weighted by molar-refractivity contribution is 0.580. The minimum Gasteiger partial charge on any atom is -0.402 e. The van der Waals surface area contributed by atoms with Gasteiger partial charge in [-0.3, -0.25) is 4.79 Å². The van der Waals surface area contributed by atoms with Crippen LogP contribution in [0.4, 0.5) is 6.01 Å². The molecule has 21 heavy (non-hydrogen) atoms. The molecule has 3 aromatic rings. The van der Waals surface area contributed by atoms with Crippen LogP contribution in [0.3, 0.4) is 0 Å². The second-order valence-corrected chi connectivity index (χ2v) is 4.67. The molecule has 2 aromatic heterocycles. The van der Waals surface area contributed by atoms with E-state index < -0.39 is 0 Å². The topological polar surface area (TPSA) is 96.7 Å². The number of benzene rings is 1. The molecule has 2 heterocycles. The molecular formula is C14H13N5O2. The smallest absolute Gasteiger partial charge is 0.316 e. The zero-order valence-corrected chi connectivity index (χ0v) is 11.4. The van der Waals surface area contributed by atoms with Gasteiger partial charge in [0.1, 0.15) is 0 Å². The molecule has 7 heteroatoms. The minimum absolute atomic E-state index is 0.242. The van der Waals surface area contributed by atoms with Crippen LogP contribution in [0.15, 0.2) is 45.6 Å². The van der Waals surface area contributed by atoms with Crippen molar-refractivity contribution in [1.82, 2.24) is 20.4 Å². The van der Waals surface area contributed by atoms with Gasteiger partial charge in [-0.2, -0.15) is 5.10 Å². The number of hydrogen-bond acceptors (Lipinski definition) is 6. The molecule has 7 nitrogen and oxygen atoms in total. The largest absolute Gasteiger partial charge is 0.402 e. The lowest BCUT2D eigenvalue weighted by Crippen LogP contribution is -2.09. The highest BCUT2D eigenvalue weighted by Gasteiger charge is 2.14. The number of H-pyrrole nitrogens is 1. The Labute approximate surface area is 119 Å². The van der Waals surface area contributed by atoms with Gasteiger partial charge < -0.3 is 9.73 Å². The molecule has 0 radical (unpaired) electrons. The lowest BCUT2D eigenvalue weighted by Gasteiger charge is -2.00. The normalized spacial score (nSPS) is 10.7. The van der Waals surface area contributed by atoms with Crippen LogP contribution in [-0.4, -0.2) is 26.9 Å². The first kappa shape index (κ1) is 13.0. The third-order valence-corrected chi connectivity index (χ3v) is 2.87. The Balaban J connectivity index is 2.03. The summed E-state index contributed by atoms with van der Waals surface area (Å²) in [6, 6.07) is 7.40. The van der Waals surface area contributed by atoms with E-state index in [1.54, 1.807) is 18.2 Å². The first-order valence-electron chi connectivity index (χ1n) is 6.34. The summed E-state index contributed by atoms with van der Waals surface area (Å²) in [7, 11) is 0. The van der Waals surface area contributed by atoms with E-state index >= 15 is 0 Å². The van der Waals surface area contributed by atoms with Crippen molar-refractivity contribution in [2.24, 2.45) is 0 Å². The summed E-state index contributed by atoms with van der Waals surface area (Å²) in [6.07, 6.45) is 0. The Morgan fingerprint density at radius 1 is 1.33 bits per heavy atom. The first-order valence-corrected chi connectivity index (χ1v) is 6.34. The summed E-state index contributed by atoms with van der Waals surface area (Å²) in [5.74, 6) is 0.242. The van der Waals surface area contributed by atoms with Gasteiger partial charge in [-0.05, 0) is 13.0 Å². The van der Waals surface area contributed by atoms with Gasteiger partial charge in [0.05, 0.1) is 5.39 Å². The van der Waals surface area contributed by atoms with Crippen molar-refractivity contribution in [3.8, 4) is 11.6 Å². The van der Waals surface area contributed by atoms with Gasteiger partial charge in [-0.15, -0.1) is 5.10 Å². The monoisotopic (exact) mass is 283 g/mol. The number of aromatic nitrogens is 4. The Morgan fingerprint density at radius 2 is 2.10 bits per heavy atom. The number of anilines is 1. The van der Waals surface area contributed by atoms with E-state index in [1.165, 1.54) is 0 Å². The summed E-state index contributed by atoms with van der Waals surface area (Å²) in [5, 5.41) is 18.4. The van der Waals surface area contributed by atoms with Crippen molar-refractivity contribution in [2.45, 2.75) is 6.92 Å². The summed E-state index contributed by atoms with van der Waals surface area (Å²) in [5.41, 5.74) is 1.14. The van der Waals surface area contributed by atoms with Crippen LogP contribution in [0, 0.1) is 0 Å². The molecule has 0 aliphatic heterocycles. The highest BCUT2D eigenvalue weighted by atomic mass is 16.4. The number of hydrogen-bond donors (Lipinski definition) is 2. The van der Waals surface area contributed by atoms with Crippen molar-refractivity contribution in [1.29, 1.82) is 0 Å². The highest BCUT2D eigenvalue weighted by molar-refractivity contribution is 5.91. The van der Waals surface area contributed by atoms with Crippen molar-refractivity contribution in [3.05, 3.63) is 46.8 Å². The predicted octanol–water partition coefficient (Wildman–Crippen LogP) is 1.96. The minimum atomic E-state index is -0.255. The van der Waals surface area contributed by atoms with Crippen LogP contribution in [0.5, 0.6) is 0 Å². The second kappa shape index (κ2) is 5.20. The first-order chi connectivity index (χ1) is 10.1. The summed E-state index contributed by atoms with van der Waals surface area (Å²) < 4.78 is 5.51. The fourth-order valence-corrected chi connectivity index (χ4v) is 1.89. The predicted molar refractivity (Wildman–Crippen MR) is 79.0 cm³/mol. The number of aromatic amines is 1. The molecule has 0 spiro atoms. The van der Waals surface area contributed by atoms with Gasteiger partial charge >= 0.3 is 6.01 Å². The third kappa shape index (κ3) is 2.53. The Bertz CT molecular complexity index is 865. The fraction of sp³-hybridized carbons (Fsp3) is 0.143. The van der Waals surface area contributed by atoms with Crippen molar-refractivity contribution < 1.29 is 4.42 Å². The number of rotatable bonds is 4. The summed E-state index contributed by atoms with van der Waals surface area (Å²) in [4.78, 5) is 11.7. The van der Waals surface area contributed by atoms with Crippen LogP contribution in [0.25, 0.3) is 22.4 Å². The molecule has 0 unspecified atom stereocenters. The van der Waals surface area contributed by atoms with Crippen LogP contribution >= 0.6 is 0 Å². The van der Waals surface area contributed by atoms with E-state index in [1.807, 2.05) is 13.0 Å². The van der Waals surface area contributed by atoms with Crippen molar-refractivity contribution >= 4 is 16.8 Å². The molecule has 0 atom stereocenters. The van der Waals surface area contributed by atoms with E-state index in [0.29, 0.717) is 23.0 Å². The Kier molecular flexibility index (Phi) is 3.23. The Hall–Kier alpha value is -2.96. The lowest BCUT2D eigenvalue weighted by atomic mass is 10.1. The van der Waals surface area contributed by atoms with E-state index in [4.69, 9.17) is 4.42 Å². The molecule has 1 aromatic carbocycles. The van der Waals surface area contributed by atoms with Crippen molar-refractivity contribution in [2.75, 3.05) is 11.9 Å².